The summed E-state index contributed by atoms with van der Waals surface area (Å²) in [7, 11) is 0. The quantitative estimate of drug-likeness (QED) is 0.766. The smallest absolute Gasteiger partial charge is 0.0641 e. The van der Waals surface area contributed by atoms with Crippen LogP contribution in [0.1, 0.15) is 18.0 Å². The second-order valence-corrected chi connectivity index (χ2v) is 6.10. The number of piperazine rings is 1. The van der Waals surface area contributed by atoms with Crippen molar-refractivity contribution >= 4 is 56.7 Å². The van der Waals surface area contributed by atoms with Gasteiger partial charge in [-0.2, -0.15) is 5.26 Å². The van der Waals surface area contributed by atoms with Gasteiger partial charge < -0.3 is 5.32 Å². The zero-order valence-electron chi connectivity index (χ0n) is 10.8. The summed E-state index contributed by atoms with van der Waals surface area (Å²) in [6, 6.07) is 8.63. The van der Waals surface area contributed by atoms with Crippen molar-refractivity contribution in [3.63, 3.8) is 0 Å². The topological polar surface area (TPSA) is 39.1 Å². The van der Waals surface area contributed by atoms with E-state index in [4.69, 9.17) is 5.26 Å². The van der Waals surface area contributed by atoms with Crippen LogP contribution in [0.15, 0.2) is 27.1 Å². The van der Waals surface area contributed by atoms with Crippen molar-refractivity contribution in [2.75, 3.05) is 26.2 Å². The Labute approximate surface area is 149 Å². The highest BCUT2D eigenvalue weighted by Gasteiger charge is 2.23. The lowest BCUT2D eigenvalue weighted by atomic mass is 10.0. The number of hydrogen-bond acceptors (Lipinski definition) is 3. The lowest BCUT2D eigenvalue weighted by molar-refractivity contribution is 0.175. The predicted molar refractivity (Wildman–Crippen MR) is 93.8 cm³/mol. The molecular formula is C13H17Br2Cl2N3. The van der Waals surface area contributed by atoms with Crippen LogP contribution in [-0.2, 0) is 0 Å². The first-order valence-electron chi connectivity index (χ1n) is 5.99. The highest BCUT2D eigenvalue weighted by atomic mass is 79.9. The van der Waals surface area contributed by atoms with Crippen LogP contribution in [0.4, 0.5) is 0 Å². The van der Waals surface area contributed by atoms with E-state index in [0.717, 1.165) is 35.1 Å². The summed E-state index contributed by atoms with van der Waals surface area (Å²) in [5.74, 6) is 0. The average molecular weight is 446 g/mol. The van der Waals surface area contributed by atoms with Crippen molar-refractivity contribution in [2.24, 2.45) is 0 Å². The van der Waals surface area contributed by atoms with Crippen molar-refractivity contribution in [1.29, 1.82) is 5.26 Å². The molecule has 1 aliphatic heterocycles. The van der Waals surface area contributed by atoms with Crippen LogP contribution in [-0.4, -0.2) is 31.1 Å². The average Bonchev–Trinajstić information content (AvgIpc) is 2.40. The Morgan fingerprint density at radius 2 is 1.90 bits per heavy atom. The Morgan fingerprint density at radius 1 is 1.25 bits per heavy atom. The summed E-state index contributed by atoms with van der Waals surface area (Å²) in [5, 5.41) is 12.4. The fourth-order valence-electron chi connectivity index (χ4n) is 2.29. The number of nitrogens with zero attached hydrogens (tertiary/aromatic N) is 2. The molecular weight excluding hydrogens is 429 g/mol. The third-order valence-electron chi connectivity index (χ3n) is 3.19. The molecule has 0 saturated carbocycles. The van der Waals surface area contributed by atoms with Gasteiger partial charge in [-0.05, 0) is 23.8 Å². The van der Waals surface area contributed by atoms with Crippen LogP contribution in [0.5, 0.6) is 0 Å². The van der Waals surface area contributed by atoms with Gasteiger partial charge in [0.25, 0.3) is 0 Å². The van der Waals surface area contributed by atoms with E-state index in [1.54, 1.807) is 0 Å². The number of benzene rings is 1. The van der Waals surface area contributed by atoms with Crippen molar-refractivity contribution in [1.82, 2.24) is 10.2 Å². The van der Waals surface area contributed by atoms with Crippen LogP contribution in [0.3, 0.4) is 0 Å². The molecule has 0 radical (unpaired) electrons. The molecule has 1 aromatic rings. The molecule has 1 N–H and O–H groups in total. The van der Waals surface area contributed by atoms with Gasteiger partial charge in [0.05, 0.1) is 12.5 Å². The molecule has 112 valence electrons. The van der Waals surface area contributed by atoms with Gasteiger partial charge in [0.2, 0.25) is 0 Å². The minimum absolute atomic E-state index is 0. The van der Waals surface area contributed by atoms with Gasteiger partial charge >= 0.3 is 0 Å². The maximum Gasteiger partial charge on any atom is 0.0641 e. The zero-order valence-corrected chi connectivity index (χ0v) is 15.6. The Hall–Kier alpha value is 0.170. The summed E-state index contributed by atoms with van der Waals surface area (Å²) in [6.07, 6.45) is 0.523. The fraction of sp³-hybridized carbons (Fsp3) is 0.462. The number of nitriles is 1. The molecule has 1 heterocycles. The van der Waals surface area contributed by atoms with Crippen LogP contribution < -0.4 is 5.32 Å². The first-order chi connectivity index (χ1) is 8.72. The Bertz CT molecular complexity index is 459. The number of hydrogen-bond donors (Lipinski definition) is 1. The van der Waals surface area contributed by atoms with Gasteiger partial charge in [-0.15, -0.1) is 24.8 Å². The SMILES string of the molecule is Cl.Cl.N#CC[C@@H](c1cc(Br)ccc1Br)N1CCNCC1. The highest BCUT2D eigenvalue weighted by Crippen LogP contribution is 2.32. The third-order valence-corrected chi connectivity index (χ3v) is 4.41. The van der Waals surface area contributed by atoms with Crippen LogP contribution >= 0.6 is 56.7 Å². The molecule has 0 unspecified atom stereocenters. The van der Waals surface area contributed by atoms with Crippen molar-refractivity contribution in [3.05, 3.63) is 32.7 Å². The molecule has 1 aromatic carbocycles. The molecule has 0 spiro atoms. The van der Waals surface area contributed by atoms with E-state index in [0.29, 0.717) is 6.42 Å². The van der Waals surface area contributed by atoms with Gasteiger partial charge in [0.1, 0.15) is 0 Å². The Morgan fingerprint density at radius 3 is 2.50 bits per heavy atom. The molecule has 3 nitrogen and oxygen atoms in total. The third kappa shape index (κ3) is 5.18. The van der Waals surface area contributed by atoms with Crippen molar-refractivity contribution in [3.8, 4) is 6.07 Å². The van der Waals surface area contributed by atoms with Gasteiger partial charge in [0, 0.05) is 41.2 Å². The first kappa shape index (κ1) is 20.2. The van der Waals surface area contributed by atoms with Crippen LogP contribution in [0.2, 0.25) is 0 Å². The summed E-state index contributed by atoms with van der Waals surface area (Å²) in [6.45, 7) is 3.97. The van der Waals surface area contributed by atoms with E-state index in [2.05, 4.69) is 54.2 Å². The maximum atomic E-state index is 9.07. The second kappa shape index (κ2) is 9.99. The minimum Gasteiger partial charge on any atom is -0.314 e. The fourth-order valence-corrected chi connectivity index (χ4v) is 3.18. The number of halogens is 4. The molecule has 20 heavy (non-hydrogen) atoms. The van der Waals surface area contributed by atoms with Gasteiger partial charge in [-0.1, -0.05) is 31.9 Å². The minimum atomic E-state index is 0. The van der Waals surface area contributed by atoms with Crippen molar-refractivity contribution in [2.45, 2.75) is 12.5 Å². The molecule has 0 aromatic heterocycles. The number of rotatable bonds is 3. The second-order valence-electron chi connectivity index (χ2n) is 4.33. The van der Waals surface area contributed by atoms with E-state index in [1.165, 1.54) is 5.56 Å². The molecule has 1 aliphatic rings. The first-order valence-corrected chi connectivity index (χ1v) is 7.57. The monoisotopic (exact) mass is 443 g/mol. The van der Waals surface area contributed by atoms with Crippen LogP contribution in [0.25, 0.3) is 0 Å². The van der Waals surface area contributed by atoms with Gasteiger partial charge in [-0.25, -0.2) is 0 Å². The summed E-state index contributed by atoms with van der Waals surface area (Å²) >= 11 is 7.10. The molecule has 1 saturated heterocycles. The summed E-state index contributed by atoms with van der Waals surface area (Å²) in [5.41, 5.74) is 1.19. The van der Waals surface area contributed by atoms with E-state index in [1.807, 2.05) is 12.1 Å². The lowest BCUT2D eigenvalue weighted by Gasteiger charge is -2.34. The molecule has 0 aliphatic carbocycles. The van der Waals surface area contributed by atoms with E-state index >= 15 is 0 Å². The zero-order chi connectivity index (χ0) is 13.0. The van der Waals surface area contributed by atoms with Crippen molar-refractivity contribution < 1.29 is 0 Å². The van der Waals surface area contributed by atoms with Gasteiger partial charge in [-0.3, -0.25) is 4.90 Å². The lowest BCUT2D eigenvalue weighted by Crippen LogP contribution is -2.45. The molecule has 0 bridgehead atoms. The van der Waals surface area contributed by atoms with Gasteiger partial charge in [0.15, 0.2) is 0 Å². The van der Waals surface area contributed by atoms with E-state index in [-0.39, 0.29) is 30.9 Å². The molecule has 1 fully saturated rings. The number of nitrogens with one attached hydrogen (secondary N) is 1. The molecule has 0 amide bonds. The molecule has 7 heteroatoms. The maximum absolute atomic E-state index is 9.07. The standard InChI is InChI=1S/C13H15Br2N3.2ClH/c14-10-1-2-12(15)11(9-10)13(3-4-16)18-7-5-17-6-8-18;;/h1-2,9,13,17H,3,5-8H2;2*1H/t13-;;/m0../s1. The Balaban J connectivity index is 0.00000180. The van der Waals surface area contributed by atoms with Crippen LogP contribution in [0, 0.1) is 11.3 Å². The highest BCUT2D eigenvalue weighted by molar-refractivity contribution is 9.11. The van der Waals surface area contributed by atoms with E-state index in [9.17, 15) is 0 Å². The summed E-state index contributed by atoms with van der Waals surface area (Å²) in [4.78, 5) is 2.38. The Kier molecular flexibility index (Phi) is 10.1. The summed E-state index contributed by atoms with van der Waals surface area (Å²) < 4.78 is 2.13. The predicted octanol–water partition coefficient (Wildman–Crippen LogP) is 3.92. The largest absolute Gasteiger partial charge is 0.314 e. The van der Waals surface area contributed by atoms with E-state index < -0.39 is 0 Å². The molecule has 2 rings (SSSR count). The normalized spacial score (nSPS) is 16.4. The molecule has 1 atom stereocenters.